The lowest BCUT2D eigenvalue weighted by molar-refractivity contribution is -0.110. The Morgan fingerprint density at radius 3 is 2.29 bits per heavy atom. The van der Waals surface area contributed by atoms with Crippen LogP contribution in [-0.4, -0.2) is 16.5 Å². The smallest absolute Gasteiger partial charge is 0.178 e. The molecule has 0 aromatic heterocycles. The molecule has 0 saturated carbocycles. The average Bonchev–Trinajstić information content (AvgIpc) is 2.33. The molecule has 1 N–H and O–H groups in total. The zero-order valence-corrected chi connectivity index (χ0v) is 9.47. The highest BCUT2D eigenvalue weighted by atomic mass is 16.3. The molecule has 0 bridgehead atoms. The lowest BCUT2D eigenvalue weighted by atomic mass is 9.98. The predicted octanol–water partition coefficient (Wildman–Crippen LogP) is 1.77. The zero-order chi connectivity index (χ0) is 12.3. The van der Waals surface area contributed by atoms with Crippen LogP contribution in [0.1, 0.15) is 11.1 Å². The third-order valence-electron chi connectivity index (χ3n) is 2.46. The third-order valence-corrected chi connectivity index (χ3v) is 2.46. The lowest BCUT2D eigenvalue weighted by Crippen LogP contribution is -2.23. The monoisotopic (exact) mass is 224 g/mol. The number of aryl methyl sites for hydroxylation is 1. The van der Waals surface area contributed by atoms with Gasteiger partial charge in [-0.15, -0.1) is 0 Å². The molecule has 2 heteroatoms. The van der Waals surface area contributed by atoms with Gasteiger partial charge in [-0.1, -0.05) is 29.5 Å². The van der Waals surface area contributed by atoms with Gasteiger partial charge >= 0.3 is 0 Å². The summed E-state index contributed by atoms with van der Waals surface area (Å²) in [5, 5.41) is 10.0. The molecule has 1 aromatic carbocycles. The molecule has 1 aromatic rings. The topological polar surface area (TPSA) is 37.3 Å². The van der Waals surface area contributed by atoms with Crippen LogP contribution in [0.4, 0.5) is 0 Å². The van der Waals surface area contributed by atoms with Crippen molar-refractivity contribution in [2.45, 2.75) is 12.5 Å². The summed E-state index contributed by atoms with van der Waals surface area (Å²) >= 11 is 0. The highest BCUT2D eigenvalue weighted by Gasteiger charge is 2.19. The molecule has 0 fully saturated rings. The van der Waals surface area contributed by atoms with Crippen molar-refractivity contribution in [1.82, 2.24) is 0 Å². The predicted molar refractivity (Wildman–Crippen MR) is 66.3 cm³/mol. The Morgan fingerprint density at radius 1 is 1.12 bits per heavy atom. The average molecular weight is 224 g/mol. The van der Waals surface area contributed by atoms with E-state index in [1.54, 1.807) is 0 Å². The third kappa shape index (κ3) is 2.93. The number of carbonyl (C=O) groups excluding carboxylic acids is 1. The quantitative estimate of drug-likeness (QED) is 0.682. The van der Waals surface area contributed by atoms with E-state index in [0.29, 0.717) is 0 Å². The molecule has 0 saturated heterocycles. The van der Waals surface area contributed by atoms with Gasteiger partial charge in [-0.2, -0.15) is 0 Å². The van der Waals surface area contributed by atoms with E-state index in [2.05, 4.69) is 11.8 Å². The zero-order valence-electron chi connectivity index (χ0n) is 9.47. The van der Waals surface area contributed by atoms with E-state index in [1.807, 2.05) is 31.2 Å². The maximum Gasteiger partial charge on any atom is 0.178 e. The van der Waals surface area contributed by atoms with Crippen molar-refractivity contribution in [2.75, 3.05) is 0 Å². The van der Waals surface area contributed by atoms with Gasteiger partial charge in [0.2, 0.25) is 0 Å². The Kier molecular flexibility index (Phi) is 2.95. The van der Waals surface area contributed by atoms with Crippen molar-refractivity contribution < 1.29 is 9.90 Å². The van der Waals surface area contributed by atoms with Crippen molar-refractivity contribution in [2.24, 2.45) is 0 Å². The maximum absolute atomic E-state index is 10.9. The van der Waals surface area contributed by atoms with Gasteiger partial charge in [0.25, 0.3) is 0 Å². The van der Waals surface area contributed by atoms with E-state index < -0.39 is 5.60 Å². The molecule has 0 heterocycles. The molecular formula is C15H12O2. The summed E-state index contributed by atoms with van der Waals surface area (Å²) in [6.07, 6.45) is 5.45. The van der Waals surface area contributed by atoms with E-state index in [0.717, 1.165) is 11.1 Å². The summed E-state index contributed by atoms with van der Waals surface area (Å²) in [6.45, 7) is 2.00. The van der Waals surface area contributed by atoms with Gasteiger partial charge in [0.1, 0.15) is 0 Å². The van der Waals surface area contributed by atoms with Gasteiger partial charge in [0.05, 0.1) is 0 Å². The number of aliphatic hydroxyl groups is 1. The molecule has 2 nitrogen and oxygen atoms in total. The van der Waals surface area contributed by atoms with Crippen LogP contribution >= 0.6 is 0 Å². The highest BCUT2D eigenvalue weighted by Crippen LogP contribution is 2.12. The standard InChI is InChI=1S/C15H12O2/c1-12-2-4-13(5-3-12)6-9-15(17)10-7-14(16)8-11-15/h2-5,7-8,10-11,17H,1H3. The van der Waals surface area contributed by atoms with Crippen molar-refractivity contribution in [1.29, 1.82) is 0 Å². The molecule has 17 heavy (non-hydrogen) atoms. The van der Waals surface area contributed by atoms with E-state index >= 15 is 0 Å². The minimum Gasteiger partial charge on any atom is -0.370 e. The number of benzene rings is 1. The fourth-order valence-corrected chi connectivity index (χ4v) is 1.42. The number of hydrogen-bond acceptors (Lipinski definition) is 2. The number of carbonyl (C=O) groups is 1. The first kappa shape index (κ1) is 11.4. The first-order valence-corrected chi connectivity index (χ1v) is 5.32. The summed E-state index contributed by atoms with van der Waals surface area (Å²) < 4.78 is 0. The molecule has 1 aliphatic rings. The van der Waals surface area contributed by atoms with Gasteiger partial charge in [-0.3, -0.25) is 4.79 Å². The van der Waals surface area contributed by atoms with Gasteiger partial charge in [-0.25, -0.2) is 0 Å². The van der Waals surface area contributed by atoms with Crippen LogP contribution in [-0.2, 0) is 4.79 Å². The van der Waals surface area contributed by atoms with Crippen LogP contribution < -0.4 is 0 Å². The van der Waals surface area contributed by atoms with Gasteiger partial charge in [0.15, 0.2) is 11.4 Å². The molecule has 0 atom stereocenters. The molecule has 0 spiro atoms. The van der Waals surface area contributed by atoms with Crippen molar-refractivity contribution in [3.63, 3.8) is 0 Å². The Labute approximate surface area is 100 Å². The second-order valence-electron chi connectivity index (χ2n) is 4.01. The summed E-state index contributed by atoms with van der Waals surface area (Å²) in [7, 11) is 0. The SMILES string of the molecule is Cc1ccc(C#CC2(O)C=CC(=O)C=C2)cc1. The number of allylic oxidation sites excluding steroid dienone is 2. The summed E-state index contributed by atoms with van der Waals surface area (Å²) in [6, 6.07) is 7.72. The minimum atomic E-state index is -1.33. The largest absolute Gasteiger partial charge is 0.370 e. The van der Waals surface area contributed by atoms with Crippen molar-refractivity contribution in [3.8, 4) is 11.8 Å². The van der Waals surface area contributed by atoms with Gasteiger partial charge in [0, 0.05) is 5.56 Å². The molecule has 2 rings (SSSR count). The summed E-state index contributed by atoms with van der Waals surface area (Å²) in [4.78, 5) is 10.9. The Balaban J connectivity index is 2.22. The molecule has 0 amide bonds. The summed E-state index contributed by atoms with van der Waals surface area (Å²) in [5.41, 5.74) is 0.666. The summed E-state index contributed by atoms with van der Waals surface area (Å²) in [5.74, 6) is 5.48. The second-order valence-corrected chi connectivity index (χ2v) is 4.01. The molecule has 84 valence electrons. The van der Waals surface area contributed by atoms with E-state index in [4.69, 9.17) is 0 Å². The number of hydrogen-bond donors (Lipinski definition) is 1. The normalized spacial score (nSPS) is 16.5. The first-order chi connectivity index (χ1) is 8.07. The Bertz CT molecular complexity index is 535. The van der Waals surface area contributed by atoms with Crippen LogP contribution in [0, 0.1) is 18.8 Å². The van der Waals surface area contributed by atoms with E-state index in [-0.39, 0.29) is 5.78 Å². The molecule has 0 radical (unpaired) electrons. The van der Waals surface area contributed by atoms with Gasteiger partial charge in [-0.05, 0) is 43.4 Å². The number of rotatable bonds is 0. The van der Waals surface area contributed by atoms with Gasteiger partial charge < -0.3 is 5.11 Å². The molecular weight excluding hydrogens is 212 g/mol. The van der Waals surface area contributed by atoms with Crippen LogP contribution in [0.3, 0.4) is 0 Å². The maximum atomic E-state index is 10.9. The highest BCUT2D eigenvalue weighted by molar-refractivity contribution is 6.00. The second kappa shape index (κ2) is 4.40. The van der Waals surface area contributed by atoms with Crippen LogP contribution in [0.2, 0.25) is 0 Å². The minimum absolute atomic E-state index is 0.133. The van der Waals surface area contributed by atoms with Crippen molar-refractivity contribution >= 4 is 5.78 Å². The fourth-order valence-electron chi connectivity index (χ4n) is 1.42. The molecule has 1 aliphatic carbocycles. The van der Waals surface area contributed by atoms with Crippen molar-refractivity contribution in [3.05, 3.63) is 59.7 Å². The molecule has 0 aliphatic heterocycles. The molecule has 0 unspecified atom stereocenters. The van der Waals surface area contributed by atoms with E-state index in [1.165, 1.54) is 24.3 Å². The number of ketones is 1. The lowest BCUT2D eigenvalue weighted by Gasteiger charge is -2.14. The fraction of sp³-hybridized carbons (Fsp3) is 0.133. The van der Waals surface area contributed by atoms with Crippen LogP contribution in [0.15, 0.2) is 48.6 Å². The Morgan fingerprint density at radius 2 is 1.71 bits per heavy atom. The van der Waals surface area contributed by atoms with Crippen LogP contribution in [0.25, 0.3) is 0 Å². The Hall–Kier alpha value is -2.11. The first-order valence-electron chi connectivity index (χ1n) is 5.32. The van der Waals surface area contributed by atoms with E-state index in [9.17, 15) is 9.90 Å². The van der Waals surface area contributed by atoms with Crippen LogP contribution in [0.5, 0.6) is 0 Å².